The Bertz CT molecular complexity index is 1220. The molecule has 0 atom stereocenters. The van der Waals surface area contributed by atoms with Crippen LogP contribution in [0.2, 0.25) is 0 Å². The standard InChI is InChI=1S/C19H14Br2N2O6S2/c20-12-2-3-13(21)17(9-12)31(26,27)22-5-6-23-18(24)16(30-19(23)25)8-11-1-4-14-15(7-11)29-10-28-14/h1-4,7-9,22H,5-6,10H2/b16-8+. The van der Waals surface area contributed by atoms with Crippen LogP contribution in [-0.4, -0.2) is 44.3 Å². The van der Waals surface area contributed by atoms with Crippen molar-refractivity contribution in [1.82, 2.24) is 9.62 Å². The molecule has 1 saturated heterocycles. The maximum atomic E-state index is 12.6. The van der Waals surface area contributed by atoms with Crippen molar-refractivity contribution in [3.8, 4) is 11.5 Å². The summed E-state index contributed by atoms with van der Waals surface area (Å²) in [7, 11) is -3.83. The number of fused-ring (bicyclic) bond motifs is 1. The Hall–Kier alpha value is -1.86. The van der Waals surface area contributed by atoms with Gasteiger partial charge < -0.3 is 9.47 Å². The maximum Gasteiger partial charge on any atom is 0.293 e. The average Bonchev–Trinajstić information content (AvgIpc) is 3.29. The van der Waals surface area contributed by atoms with E-state index in [1.54, 1.807) is 36.4 Å². The highest BCUT2D eigenvalue weighted by Gasteiger charge is 2.35. The zero-order valence-electron chi connectivity index (χ0n) is 15.6. The highest BCUT2D eigenvalue weighted by Crippen LogP contribution is 2.36. The van der Waals surface area contributed by atoms with E-state index in [9.17, 15) is 18.0 Å². The van der Waals surface area contributed by atoms with E-state index in [0.717, 1.165) is 16.7 Å². The molecule has 31 heavy (non-hydrogen) atoms. The van der Waals surface area contributed by atoms with E-state index in [2.05, 4.69) is 36.6 Å². The van der Waals surface area contributed by atoms with E-state index >= 15 is 0 Å². The van der Waals surface area contributed by atoms with Crippen LogP contribution in [0.3, 0.4) is 0 Å². The van der Waals surface area contributed by atoms with Crippen molar-refractivity contribution in [2.75, 3.05) is 19.9 Å². The number of sulfonamides is 1. The van der Waals surface area contributed by atoms with Gasteiger partial charge in [0, 0.05) is 22.0 Å². The number of hydrogen-bond donors (Lipinski definition) is 1. The zero-order chi connectivity index (χ0) is 22.2. The first-order valence-corrected chi connectivity index (χ1v) is 12.7. The summed E-state index contributed by atoms with van der Waals surface area (Å²) in [5, 5.41) is -0.458. The van der Waals surface area contributed by atoms with Crippen LogP contribution in [0.15, 0.2) is 55.1 Å². The molecule has 8 nitrogen and oxygen atoms in total. The summed E-state index contributed by atoms with van der Waals surface area (Å²) in [5.41, 5.74) is 0.690. The van der Waals surface area contributed by atoms with Crippen molar-refractivity contribution in [2.45, 2.75) is 4.90 Å². The molecule has 0 aromatic heterocycles. The van der Waals surface area contributed by atoms with Crippen LogP contribution >= 0.6 is 43.6 Å². The molecule has 0 radical (unpaired) electrons. The molecule has 2 amide bonds. The molecule has 4 rings (SSSR count). The number of thioether (sulfide) groups is 1. The second-order valence-electron chi connectivity index (χ2n) is 6.42. The number of nitrogens with one attached hydrogen (secondary N) is 1. The van der Waals surface area contributed by atoms with Gasteiger partial charge in [0.1, 0.15) is 0 Å². The number of benzene rings is 2. The van der Waals surface area contributed by atoms with E-state index in [4.69, 9.17) is 9.47 Å². The molecular formula is C19H14Br2N2O6S2. The van der Waals surface area contributed by atoms with Crippen LogP contribution in [0, 0.1) is 0 Å². The van der Waals surface area contributed by atoms with Gasteiger partial charge in [0.15, 0.2) is 11.5 Å². The number of imide groups is 1. The smallest absolute Gasteiger partial charge is 0.293 e. The van der Waals surface area contributed by atoms with Crippen LogP contribution in [0.25, 0.3) is 6.08 Å². The number of rotatable bonds is 6. The first-order valence-electron chi connectivity index (χ1n) is 8.84. The van der Waals surface area contributed by atoms with Crippen molar-refractivity contribution < 1.29 is 27.5 Å². The topological polar surface area (TPSA) is 102 Å². The van der Waals surface area contributed by atoms with Gasteiger partial charge in [-0.15, -0.1) is 0 Å². The molecule has 0 bridgehead atoms. The van der Waals surface area contributed by atoms with Crippen molar-refractivity contribution in [2.24, 2.45) is 0 Å². The molecule has 1 N–H and O–H groups in total. The fourth-order valence-electron chi connectivity index (χ4n) is 2.90. The summed E-state index contributed by atoms with van der Waals surface area (Å²) in [6, 6.07) is 9.98. The molecule has 2 aromatic carbocycles. The van der Waals surface area contributed by atoms with Crippen LogP contribution < -0.4 is 14.2 Å². The maximum absolute atomic E-state index is 12.6. The minimum absolute atomic E-state index is 0.0544. The van der Waals surface area contributed by atoms with Gasteiger partial charge in [0.05, 0.1) is 9.80 Å². The lowest BCUT2D eigenvalue weighted by Crippen LogP contribution is -2.37. The van der Waals surface area contributed by atoms with Crippen molar-refractivity contribution in [3.63, 3.8) is 0 Å². The number of ether oxygens (including phenoxy) is 2. The summed E-state index contributed by atoms with van der Waals surface area (Å²) < 4.78 is 39.1. The molecule has 0 unspecified atom stereocenters. The van der Waals surface area contributed by atoms with E-state index in [1.807, 2.05) is 0 Å². The predicted molar refractivity (Wildman–Crippen MR) is 122 cm³/mol. The van der Waals surface area contributed by atoms with Crippen molar-refractivity contribution in [1.29, 1.82) is 0 Å². The highest BCUT2D eigenvalue weighted by atomic mass is 79.9. The molecule has 2 heterocycles. The van der Waals surface area contributed by atoms with E-state index in [1.165, 1.54) is 6.07 Å². The zero-order valence-corrected chi connectivity index (χ0v) is 20.4. The van der Waals surface area contributed by atoms with Gasteiger partial charge >= 0.3 is 0 Å². The Balaban J connectivity index is 1.42. The van der Waals surface area contributed by atoms with E-state index in [0.29, 0.717) is 26.0 Å². The number of hydrogen-bond acceptors (Lipinski definition) is 7. The molecule has 2 aromatic rings. The van der Waals surface area contributed by atoms with E-state index < -0.39 is 21.2 Å². The monoisotopic (exact) mass is 588 g/mol. The predicted octanol–water partition coefficient (Wildman–Crippen LogP) is 3.96. The molecule has 162 valence electrons. The van der Waals surface area contributed by atoms with E-state index in [-0.39, 0.29) is 29.7 Å². The van der Waals surface area contributed by atoms with Crippen molar-refractivity contribution >= 4 is 70.9 Å². The molecule has 2 aliphatic rings. The van der Waals surface area contributed by atoms with Gasteiger partial charge in [-0.05, 0) is 69.7 Å². The highest BCUT2D eigenvalue weighted by molar-refractivity contribution is 9.11. The number of amides is 2. The van der Waals surface area contributed by atoms with Gasteiger partial charge in [-0.1, -0.05) is 22.0 Å². The normalized spacial score (nSPS) is 17.1. The lowest BCUT2D eigenvalue weighted by molar-refractivity contribution is -0.122. The third-order valence-corrected chi connectivity index (χ3v) is 8.23. The largest absolute Gasteiger partial charge is 0.454 e. The number of carbonyl (C=O) groups excluding carboxylic acids is 2. The summed E-state index contributed by atoms with van der Waals surface area (Å²) >= 11 is 7.26. The Morgan fingerprint density at radius 2 is 1.87 bits per heavy atom. The fourth-order valence-corrected chi connectivity index (χ4v) is 6.29. The number of nitrogens with zero attached hydrogens (tertiary/aromatic N) is 1. The van der Waals surface area contributed by atoms with Crippen LogP contribution in [0.4, 0.5) is 4.79 Å². The summed E-state index contributed by atoms with van der Waals surface area (Å²) in [5.74, 6) is 0.714. The van der Waals surface area contributed by atoms with Gasteiger partial charge in [-0.2, -0.15) is 0 Å². The lowest BCUT2D eigenvalue weighted by Gasteiger charge is -2.14. The van der Waals surface area contributed by atoms with Crippen LogP contribution in [0.1, 0.15) is 5.56 Å². The SMILES string of the molecule is O=C1S/C(=C/c2ccc3c(c2)OCO3)C(=O)N1CCNS(=O)(=O)c1cc(Br)ccc1Br. The third-order valence-electron chi connectivity index (χ3n) is 4.38. The van der Waals surface area contributed by atoms with Crippen LogP contribution in [0.5, 0.6) is 11.5 Å². The summed E-state index contributed by atoms with van der Waals surface area (Å²) in [6.45, 7) is -0.0632. The summed E-state index contributed by atoms with van der Waals surface area (Å²) in [6.07, 6.45) is 1.59. The number of halogens is 2. The third kappa shape index (κ3) is 4.82. The Kier molecular flexibility index (Phi) is 6.44. The number of carbonyl (C=O) groups is 2. The Morgan fingerprint density at radius 1 is 1.10 bits per heavy atom. The molecule has 0 spiro atoms. The van der Waals surface area contributed by atoms with Gasteiger partial charge in [-0.25, -0.2) is 13.1 Å². The van der Waals surface area contributed by atoms with Gasteiger partial charge in [0.2, 0.25) is 16.8 Å². The summed E-state index contributed by atoms with van der Waals surface area (Å²) in [4.78, 5) is 26.3. The van der Waals surface area contributed by atoms with Crippen molar-refractivity contribution in [3.05, 3.63) is 55.8 Å². The molecule has 12 heteroatoms. The minimum Gasteiger partial charge on any atom is -0.454 e. The quantitative estimate of drug-likeness (QED) is 0.509. The molecule has 0 aliphatic carbocycles. The first-order chi connectivity index (χ1) is 14.7. The molecule has 0 saturated carbocycles. The van der Waals surface area contributed by atoms with Crippen LogP contribution in [-0.2, 0) is 14.8 Å². The van der Waals surface area contributed by atoms with Gasteiger partial charge in [-0.3, -0.25) is 14.5 Å². The average molecular weight is 590 g/mol. The minimum atomic E-state index is -3.83. The fraction of sp³-hybridized carbons (Fsp3) is 0.158. The molecule has 2 aliphatic heterocycles. The molecule has 1 fully saturated rings. The second kappa shape index (κ2) is 8.94. The Morgan fingerprint density at radius 3 is 2.68 bits per heavy atom. The second-order valence-corrected chi connectivity index (χ2v) is 10.9. The van der Waals surface area contributed by atoms with Gasteiger partial charge in [0.25, 0.3) is 11.1 Å². The Labute approximate surface area is 199 Å². The lowest BCUT2D eigenvalue weighted by atomic mass is 10.2. The first kappa shape index (κ1) is 22.3. The molecular weight excluding hydrogens is 576 g/mol.